The molecule has 108 valence electrons. The molecule has 0 aromatic carbocycles. The van der Waals surface area contributed by atoms with Crippen LogP contribution in [0.15, 0.2) is 47.6 Å². The van der Waals surface area contributed by atoms with Gasteiger partial charge in [-0.05, 0) is 42.7 Å². The van der Waals surface area contributed by atoms with Crippen LogP contribution in [0.5, 0.6) is 0 Å². The normalized spacial score (nSPS) is 18.8. The van der Waals surface area contributed by atoms with E-state index in [9.17, 15) is 5.11 Å². The molecule has 0 bridgehead atoms. The number of hydrogen-bond acceptors (Lipinski definition) is 1. The molecular formula is C18H26OZr. The molecule has 2 heteroatoms. The summed E-state index contributed by atoms with van der Waals surface area (Å²) in [5, 5.41) is 11.5. The van der Waals surface area contributed by atoms with Crippen molar-refractivity contribution in [2.75, 3.05) is 0 Å². The van der Waals surface area contributed by atoms with Crippen LogP contribution in [0.4, 0.5) is 0 Å². The van der Waals surface area contributed by atoms with Gasteiger partial charge in [0.05, 0.1) is 0 Å². The maximum atomic E-state index is 11.5. The molecule has 1 N–H and O–H groups in total. The molecule has 1 nitrogen and oxygen atoms in total. The van der Waals surface area contributed by atoms with Crippen LogP contribution >= 0.6 is 0 Å². The van der Waals surface area contributed by atoms with Gasteiger partial charge in [-0.25, -0.2) is 0 Å². The zero-order valence-electron chi connectivity index (χ0n) is 12.7. The van der Waals surface area contributed by atoms with E-state index in [1.165, 1.54) is 24.0 Å². The minimum Gasteiger partial charge on any atom is -0.381 e. The Kier molecular flexibility index (Phi) is 7.41. The Bertz CT molecular complexity index is 399. The van der Waals surface area contributed by atoms with Crippen molar-refractivity contribution in [2.24, 2.45) is 5.92 Å². The fourth-order valence-electron chi connectivity index (χ4n) is 3.35. The van der Waals surface area contributed by atoms with Crippen molar-refractivity contribution in [3.8, 4) is 0 Å². The molecule has 0 saturated carbocycles. The van der Waals surface area contributed by atoms with Crippen molar-refractivity contribution in [1.82, 2.24) is 0 Å². The summed E-state index contributed by atoms with van der Waals surface area (Å²) in [7, 11) is 0. The van der Waals surface area contributed by atoms with Gasteiger partial charge in [-0.1, -0.05) is 63.1 Å². The minimum atomic E-state index is -0.725. The van der Waals surface area contributed by atoms with Gasteiger partial charge in [0.25, 0.3) is 0 Å². The Morgan fingerprint density at radius 2 is 1.65 bits per heavy atom. The van der Waals surface area contributed by atoms with Gasteiger partial charge in [0, 0.05) is 26.2 Å². The fraction of sp³-hybridized carbons (Fsp3) is 0.556. The zero-order chi connectivity index (χ0) is 13.7. The molecule has 1 unspecified atom stereocenters. The van der Waals surface area contributed by atoms with E-state index in [4.69, 9.17) is 0 Å². The second-order valence-corrected chi connectivity index (χ2v) is 5.66. The topological polar surface area (TPSA) is 20.2 Å². The largest absolute Gasteiger partial charge is 0.381 e. The molecule has 0 heterocycles. The van der Waals surface area contributed by atoms with Crippen molar-refractivity contribution >= 4 is 0 Å². The third kappa shape index (κ3) is 3.52. The van der Waals surface area contributed by atoms with Crippen molar-refractivity contribution < 1.29 is 31.3 Å². The van der Waals surface area contributed by atoms with Gasteiger partial charge in [-0.3, -0.25) is 0 Å². The van der Waals surface area contributed by atoms with Crippen molar-refractivity contribution in [3.05, 3.63) is 47.6 Å². The van der Waals surface area contributed by atoms with Gasteiger partial charge in [0.1, 0.15) is 5.60 Å². The van der Waals surface area contributed by atoms with Gasteiger partial charge in [0.2, 0.25) is 0 Å². The van der Waals surface area contributed by atoms with Gasteiger partial charge in [-0.2, -0.15) is 0 Å². The molecule has 0 radical (unpaired) electrons. The van der Waals surface area contributed by atoms with Crippen molar-refractivity contribution in [3.63, 3.8) is 0 Å². The number of hydrogen-bond donors (Lipinski definition) is 1. The summed E-state index contributed by atoms with van der Waals surface area (Å²) in [6.07, 6.45) is 19.0. The van der Waals surface area contributed by atoms with Crippen molar-refractivity contribution in [1.29, 1.82) is 0 Å². The molecule has 0 aliphatic heterocycles. The first kappa shape index (κ1) is 17.9. The molecule has 2 aliphatic rings. The monoisotopic (exact) mass is 348 g/mol. The van der Waals surface area contributed by atoms with Crippen LogP contribution in [0.1, 0.15) is 52.4 Å². The van der Waals surface area contributed by atoms with E-state index in [1.54, 1.807) is 0 Å². The molecule has 0 aromatic heterocycles. The number of rotatable bonds is 7. The molecule has 0 saturated heterocycles. The van der Waals surface area contributed by atoms with Crippen LogP contribution in [0.25, 0.3) is 0 Å². The number of allylic oxidation sites excluding steroid dienone is 6. The third-order valence-corrected chi connectivity index (χ3v) is 4.51. The standard InChI is InChI=1S/C18H26O.Zr/c1-3-5-10-15(4-2)18(19,16-11-6-7-12-16)17-13-8-9-14-17;/h6-9,11,13,15,19H,3-5,10,12,14H2,1-2H3;. The SMILES string of the molecule is CCCCC(CC)C(O)(C1=CC=CC1)C1=CC=CC1.[Zr]. The predicted octanol–water partition coefficient (Wildman–Crippen LogP) is 4.70. The molecule has 0 aromatic rings. The maximum Gasteiger partial charge on any atom is 0.111 e. The molecular weight excluding hydrogens is 323 g/mol. The average Bonchev–Trinajstić information content (AvgIpc) is 3.12. The summed E-state index contributed by atoms with van der Waals surface area (Å²) in [4.78, 5) is 0. The Hall–Kier alpha value is -0.197. The van der Waals surface area contributed by atoms with Gasteiger partial charge < -0.3 is 5.11 Å². The first-order valence-corrected chi connectivity index (χ1v) is 7.68. The second-order valence-electron chi connectivity index (χ2n) is 5.66. The van der Waals surface area contributed by atoms with Crippen LogP contribution in [0.3, 0.4) is 0 Å². The van der Waals surface area contributed by atoms with E-state index in [0.29, 0.717) is 5.92 Å². The van der Waals surface area contributed by atoms with E-state index in [1.807, 2.05) is 0 Å². The van der Waals surface area contributed by atoms with Gasteiger partial charge >= 0.3 is 0 Å². The number of unbranched alkanes of at least 4 members (excludes halogenated alkanes) is 1. The summed E-state index contributed by atoms with van der Waals surface area (Å²) in [6, 6.07) is 0. The summed E-state index contributed by atoms with van der Waals surface area (Å²) in [5.74, 6) is 0.338. The van der Waals surface area contributed by atoms with E-state index in [2.05, 4.69) is 50.3 Å². The molecule has 0 spiro atoms. The first-order chi connectivity index (χ1) is 9.23. The minimum absolute atomic E-state index is 0. The van der Waals surface area contributed by atoms with Crippen LogP contribution in [0, 0.1) is 5.92 Å². The molecule has 2 rings (SSSR count). The second kappa shape index (κ2) is 8.30. The summed E-state index contributed by atoms with van der Waals surface area (Å²) < 4.78 is 0. The number of aliphatic hydroxyl groups is 1. The summed E-state index contributed by atoms with van der Waals surface area (Å²) >= 11 is 0. The first-order valence-electron chi connectivity index (χ1n) is 7.68. The molecule has 1 atom stereocenters. The van der Waals surface area contributed by atoms with Crippen LogP contribution in [-0.4, -0.2) is 10.7 Å². The van der Waals surface area contributed by atoms with Crippen LogP contribution < -0.4 is 0 Å². The Balaban J connectivity index is 0.00000200. The summed E-state index contributed by atoms with van der Waals surface area (Å²) in [6.45, 7) is 4.43. The Morgan fingerprint density at radius 1 is 1.10 bits per heavy atom. The maximum absolute atomic E-state index is 11.5. The molecule has 0 amide bonds. The Labute approximate surface area is 142 Å². The molecule has 2 aliphatic carbocycles. The van der Waals surface area contributed by atoms with Gasteiger partial charge in [-0.15, -0.1) is 0 Å². The van der Waals surface area contributed by atoms with E-state index in [-0.39, 0.29) is 26.2 Å². The molecule has 0 fully saturated rings. The third-order valence-electron chi connectivity index (χ3n) is 4.51. The van der Waals surface area contributed by atoms with Crippen LogP contribution in [0.2, 0.25) is 0 Å². The predicted molar refractivity (Wildman–Crippen MR) is 81.9 cm³/mol. The van der Waals surface area contributed by atoms with Crippen molar-refractivity contribution in [2.45, 2.75) is 58.0 Å². The van der Waals surface area contributed by atoms with E-state index in [0.717, 1.165) is 25.7 Å². The molecule has 20 heavy (non-hydrogen) atoms. The summed E-state index contributed by atoms with van der Waals surface area (Å²) in [5.41, 5.74) is 1.65. The Morgan fingerprint density at radius 3 is 2.00 bits per heavy atom. The van der Waals surface area contributed by atoms with Crippen LogP contribution in [-0.2, 0) is 26.2 Å². The smallest absolute Gasteiger partial charge is 0.111 e. The average molecular weight is 350 g/mol. The fourth-order valence-corrected chi connectivity index (χ4v) is 3.35. The van der Waals surface area contributed by atoms with E-state index >= 15 is 0 Å². The zero-order valence-corrected chi connectivity index (χ0v) is 15.2. The van der Waals surface area contributed by atoms with Gasteiger partial charge in [0.15, 0.2) is 0 Å². The van der Waals surface area contributed by atoms with E-state index < -0.39 is 5.60 Å². The quantitative estimate of drug-likeness (QED) is 0.706.